The van der Waals surface area contributed by atoms with Crippen LogP contribution in [0.15, 0.2) is 23.1 Å². The number of hydrogen-bond donors (Lipinski definition) is 3. The highest BCUT2D eigenvalue weighted by Gasteiger charge is 2.18. The number of ether oxygens (including phenoxy) is 1. The molecule has 0 heterocycles. The second-order valence-electron chi connectivity index (χ2n) is 4.35. The Morgan fingerprint density at radius 1 is 1.33 bits per heavy atom. The number of aromatic hydroxyl groups is 1. The number of carboxylic acids is 1. The Labute approximate surface area is 123 Å². The van der Waals surface area contributed by atoms with E-state index in [1.807, 2.05) is 6.92 Å². The normalized spacial score (nSPS) is 11.5. The van der Waals surface area contributed by atoms with Crippen molar-refractivity contribution < 1.29 is 28.2 Å². The van der Waals surface area contributed by atoms with Crippen LogP contribution in [0.4, 0.5) is 0 Å². The third-order valence-electron chi connectivity index (χ3n) is 2.61. The van der Waals surface area contributed by atoms with E-state index in [9.17, 15) is 18.3 Å². The minimum atomic E-state index is -3.81. The zero-order valence-corrected chi connectivity index (χ0v) is 12.5. The Hall–Kier alpha value is -1.64. The molecule has 7 nitrogen and oxygen atoms in total. The number of sulfonamides is 1. The zero-order valence-electron chi connectivity index (χ0n) is 11.7. The first-order valence-corrected chi connectivity index (χ1v) is 8.00. The lowest BCUT2D eigenvalue weighted by Gasteiger charge is -2.08. The predicted molar refractivity (Wildman–Crippen MR) is 76.0 cm³/mol. The molecule has 118 valence electrons. The van der Waals surface area contributed by atoms with Crippen LogP contribution >= 0.6 is 0 Å². The Balaban J connectivity index is 2.66. The second kappa shape index (κ2) is 7.96. The monoisotopic (exact) mass is 317 g/mol. The van der Waals surface area contributed by atoms with Crippen LogP contribution in [0, 0.1) is 0 Å². The first kappa shape index (κ1) is 17.4. The van der Waals surface area contributed by atoms with Crippen LogP contribution in [-0.4, -0.2) is 44.4 Å². The van der Waals surface area contributed by atoms with E-state index in [-0.39, 0.29) is 11.4 Å². The molecule has 3 N–H and O–H groups in total. The van der Waals surface area contributed by atoms with Crippen LogP contribution in [-0.2, 0) is 14.8 Å². The molecule has 0 amide bonds. The van der Waals surface area contributed by atoms with Crippen molar-refractivity contribution in [3.8, 4) is 5.75 Å². The standard InChI is InChI=1S/C13H19NO6S/c1-2-7-20-8-3-6-14-21(18,19)10-4-5-12(15)11(9-10)13(16)17/h4-5,9,14-15H,2-3,6-8H2,1H3,(H,16,17). The first-order valence-electron chi connectivity index (χ1n) is 6.52. The number of aromatic carboxylic acids is 1. The number of nitrogens with one attached hydrogen (secondary N) is 1. The van der Waals surface area contributed by atoms with Crippen molar-refractivity contribution in [2.45, 2.75) is 24.7 Å². The lowest BCUT2D eigenvalue weighted by atomic mass is 10.2. The van der Waals surface area contributed by atoms with E-state index in [0.29, 0.717) is 19.6 Å². The Bertz CT molecular complexity index is 584. The average Bonchev–Trinajstić information content (AvgIpc) is 2.42. The molecule has 0 saturated carbocycles. The van der Waals surface area contributed by atoms with Crippen LogP contribution < -0.4 is 4.72 Å². The molecule has 0 aromatic heterocycles. The Kier molecular flexibility index (Phi) is 6.60. The molecule has 0 unspecified atom stereocenters. The van der Waals surface area contributed by atoms with Crippen LogP contribution in [0.25, 0.3) is 0 Å². The summed E-state index contributed by atoms with van der Waals surface area (Å²) in [6, 6.07) is 3.12. The van der Waals surface area contributed by atoms with Crippen molar-refractivity contribution >= 4 is 16.0 Å². The summed E-state index contributed by atoms with van der Waals surface area (Å²) in [4.78, 5) is 10.7. The van der Waals surface area contributed by atoms with Gasteiger partial charge in [0.15, 0.2) is 0 Å². The van der Waals surface area contributed by atoms with Gasteiger partial charge in [0, 0.05) is 19.8 Å². The summed E-state index contributed by atoms with van der Waals surface area (Å²) < 4.78 is 31.5. The largest absolute Gasteiger partial charge is 0.507 e. The van der Waals surface area contributed by atoms with Crippen LogP contribution in [0.1, 0.15) is 30.1 Å². The highest BCUT2D eigenvalue weighted by atomic mass is 32.2. The molecule has 0 aliphatic rings. The molecule has 1 rings (SSSR count). The molecule has 0 aliphatic heterocycles. The SMILES string of the molecule is CCCOCCCNS(=O)(=O)c1ccc(O)c(C(=O)O)c1. The van der Waals surface area contributed by atoms with Crippen molar-refractivity contribution in [1.82, 2.24) is 4.72 Å². The van der Waals surface area contributed by atoms with Crippen molar-refractivity contribution in [3.63, 3.8) is 0 Å². The van der Waals surface area contributed by atoms with Crippen molar-refractivity contribution in [2.24, 2.45) is 0 Å². The lowest BCUT2D eigenvalue weighted by molar-refractivity contribution is 0.0693. The summed E-state index contributed by atoms with van der Waals surface area (Å²) in [5, 5.41) is 18.2. The summed E-state index contributed by atoms with van der Waals surface area (Å²) in [5.41, 5.74) is -0.454. The fourth-order valence-electron chi connectivity index (χ4n) is 1.56. The van der Waals surface area contributed by atoms with E-state index in [4.69, 9.17) is 9.84 Å². The van der Waals surface area contributed by atoms with E-state index in [2.05, 4.69) is 4.72 Å². The number of carboxylic acid groups (broad SMARTS) is 1. The minimum Gasteiger partial charge on any atom is -0.507 e. The van der Waals surface area contributed by atoms with Gasteiger partial charge in [-0.1, -0.05) is 6.92 Å². The number of rotatable bonds is 9. The molecule has 1 aromatic carbocycles. The van der Waals surface area contributed by atoms with Crippen molar-refractivity contribution in [3.05, 3.63) is 23.8 Å². The van der Waals surface area contributed by atoms with Gasteiger partial charge in [0.25, 0.3) is 0 Å². The number of benzene rings is 1. The molecule has 0 fully saturated rings. The lowest BCUT2D eigenvalue weighted by Crippen LogP contribution is -2.25. The summed E-state index contributed by atoms with van der Waals surface area (Å²) in [6.45, 7) is 3.25. The predicted octanol–water partition coefficient (Wildman–Crippen LogP) is 1.19. The van der Waals surface area contributed by atoms with Crippen molar-refractivity contribution in [1.29, 1.82) is 0 Å². The maximum absolute atomic E-state index is 12.0. The fraction of sp³-hybridized carbons (Fsp3) is 0.462. The molecule has 0 atom stereocenters. The van der Waals surface area contributed by atoms with Crippen LogP contribution in [0.3, 0.4) is 0 Å². The summed E-state index contributed by atoms with van der Waals surface area (Å²) in [7, 11) is -3.81. The topological polar surface area (TPSA) is 113 Å². The molecular formula is C13H19NO6S. The van der Waals surface area contributed by atoms with E-state index in [1.165, 1.54) is 0 Å². The van der Waals surface area contributed by atoms with Crippen molar-refractivity contribution in [2.75, 3.05) is 19.8 Å². The van der Waals surface area contributed by atoms with E-state index in [1.54, 1.807) is 0 Å². The molecule has 8 heteroatoms. The van der Waals surface area contributed by atoms with Gasteiger partial charge in [-0.3, -0.25) is 0 Å². The Morgan fingerprint density at radius 3 is 2.67 bits per heavy atom. The summed E-state index contributed by atoms with van der Waals surface area (Å²) in [6.07, 6.45) is 1.42. The highest BCUT2D eigenvalue weighted by Crippen LogP contribution is 2.21. The number of hydrogen-bond acceptors (Lipinski definition) is 5. The van der Waals surface area contributed by atoms with Gasteiger partial charge >= 0.3 is 5.97 Å². The fourth-order valence-corrected chi connectivity index (χ4v) is 2.66. The molecular weight excluding hydrogens is 298 g/mol. The summed E-state index contributed by atoms with van der Waals surface area (Å²) in [5.74, 6) is -1.87. The van der Waals surface area contributed by atoms with E-state index in [0.717, 1.165) is 24.6 Å². The van der Waals surface area contributed by atoms with Gasteiger partial charge < -0.3 is 14.9 Å². The van der Waals surface area contributed by atoms with Gasteiger partial charge in [0.1, 0.15) is 11.3 Å². The quantitative estimate of drug-likeness (QED) is 0.590. The molecule has 0 bridgehead atoms. The first-order chi connectivity index (χ1) is 9.88. The third kappa shape index (κ3) is 5.33. The smallest absolute Gasteiger partial charge is 0.339 e. The highest BCUT2D eigenvalue weighted by molar-refractivity contribution is 7.89. The maximum Gasteiger partial charge on any atom is 0.339 e. The van der Waals surface area contributed by atoms with Gasteiger partial charge in [-0.2, -0.15) is 0 Å². The van der Waals surface area contributed by atoms with Gasteiger partial charge in [-0.15, -0.1) is 0 Å². The van der Waals surface area contributed by atoms with Gasteiger partial charge in [-0.05, 0) is 31.0 Å². The molecule has 21 heavy (non-hydrogen) atoms. The van der Waals surface area contributed by atoms with E-state index < -0.39 is 27.3 Å². The molecule has 0 spiro atoms. The number of carbonyl (C=O) groups is 1. The van der Waals surface area contributed by atoms with Gasteiger partial charge in [0.2, 0.25) is 10.0 Å². The van der Waals surface area contributed by atoms with Crippen LogP contribution in [0.2, 0.25) is 0 Å². The molecule has 0 radical (unpaired) electrons. The Morgan fingerprint density at radius 2 is 2.05 bits per heavy atom. The number of phenols is 1. The third-order valence-corrected chi connectivity index (χ3v) is 4.07. The minimum absolute atomic E-state index is 0.190. The zero-order chi connectivity index (χ0) is 15.9. The van der Waals surface area contributed by atoms with Gasteiger partial charge in [0.05, 0.1) is 4.90 Å². The molecule has 0 saturated heterocycles. The van der Waals surface area contributed by atoms with Gasteiger partial charge in [-0.25, -0.2) is 17.9 Å². The molecule has 0 aliphatic carbocycles. The maximum atomic E-state index is 12.0. The summed E-state index contributed by atoms with van der Waals surface area (Å²) >= 11 is 0. The second-order valence-corrected chi connectivity index (χ2v) is 6.11. The molecule has 1 aromatic rings. The average molecular weight is 317 g/mol. The van der Waals surface area contributed by atoms with E-state index >= 15 is 0 Å². The van der Waals surface area contributed by atoms with Crippen LogP contribution in [0.5, 0.6) is 5.75 Å².